The summed E-state index contributed by atoms with van der Waals surface area (Å²) in [5.41, 5.74) is 2.49. The van der Waals surface area contributed by atoms with E-state index < -0.39 is 6.09 Å². The van der Waals surface area contributed by atoms with Crippen molar-refractivity contribution in [2.45, 2.75) is 20.8 Å². The fourth-order valence-electron chi connectivity index (χ4n) is 2.01. The normalized spacial score (nSPS) is 10.3. The summed E-state index contributed by atoms with van der Waals surface area (Å²) < 4.78 is 11.8. The number of hydrogen-bond donors (Lipinski definition) is 0. The summed E-state index contributed by atoms with van der Waals surface area (Å²) in [5.74, 6) is 0.448. The Morgan fingerprint density at radius 3 is 2.50 bits per heavy atom. The molecule has 0 bridgehead atoms. The highest BCUT2D eigenvalue weighted by Crippen LogP contribution is 2.32. The second kappa shape index (κ2) is 6.23. The molecule has 0 unspecified atom stereocenters. The van der Waals surface area contributed by atoms with Crippen molar-refractivity contribution in [3.63, 3.8) is 0 Å². The van der Waals surface area contributed by atoms with Gasteiger partial charge in [-0.15, -0.1) is 5.10 Å². The lowest BCUT2D eigenvalue weighted by atomic mass is 10.1. The van der Waals surface area contributed by atoms with Crippen molar-refractivity contribution in [2.24, 2.45) is 0 Å². The second-order valence-electron chi connectivity index (χ2n) is 4.18. The average molecular weight is 274 g/mol. The molecule has 0 fully saturated rings. The molecule has 5 nitrogen and oxygen atoms in total. The zero-order valence-electron chi connectivity index (χ0n) is 11.9. The van der Waals surface area contributed by atoms with E-state index in [1.54, 1.807) is 6.92 Å². The molecule has 1 aromatic carbocycles. The fraction of sp³-hybridized carbons (Fsp3) is 0.333. The molecule has 2 aromatic rings. The number of nitrogens with zero attached hydrogens (tertiary/aromatic N) is 2. The number of hydrogen-bond acceptors (Lipinski definition) is 4. The average Bonchev–Trinajstić information content (AvgIpc) is 2.77. The smallest absolute Gasteiger partial charge is 0.435 e. The lowest BCUT2D eigenvalue weighted by Gasteiger charge is -2.04. The molecule has 0 aliphatic heterocycles. The highest BCUT2D eigenvalue weighted by molar-refractivity contribution is 5.78. The van der Waals surface area contributed by atoms with E-state index in [0.29, 0.717) is 24.8 Å². The van der Waals surface area contributed by atoms with Gasteiger partial charge in [-0.2, -0.15) is 4.68 Å². The second-order valence-corrected chi connectivity index (χ2v) is 4.18. The molecule has 0 saturated heterocycles. The third-order valence-electron chi connectivity index (χ3n) is 2.87. The van der Waals surface area contributed by atoms with Gasteiger partial charge in [0.05, 0.1) is 24.5 Å². The van der Waals surface area contributed by atoms with Gasteiger partial charge in [-0.3, -0.25) is 0 Å². The van der Waals surface area contributed by atoms with E-state index >= 15 is 0 Å². The van der Waals surface area contributed by atoms with Crippen molar-refractivity contribution < 1.29 is 14.3 Å². The summed E-state index contributed by atoms with van der Waals surface area (Å²) in [6.07, 6.45) is -0.492. The van der Waals surface area contributed by atoms with Gasteiger partial charge in [-0.05, 0) is 26.3 Å². The lowest BCUT2D eigenvalue weighted by Crippen LogP contribution is -2.16. The van der Waals surface area contributed by atoms with Gasteiger partial charge < -0.3 is 9.47 Å². The molecule has 0 N–H and O–H groups in total. The molecule has 1 aromatic heterocycles. The van der Waals surface area contributed by atoms with Crippen LogP contribution >= 0.6 is 0 Å². The molecule has 0 saturated carbocycles. The standard InChI is InChI=1S/C15H18N2O3/c1-4-19-14-13(12-9-7-6-8-10-12)11(3)17(16-14)15(18)20-5-2/h6-10H,4-5H2,1-3H3. The van der Waals surface area contributed by atoms with E-state index in [9.17, 15) is 4.79 Å². The monoisotopic (exact) mass is 274 g/mol. The lowest BCUT2D eigenvalue weighted by molar-refractivity contribution is 0.149. The zero-order chi connectivity index (χ0) is 14.5. The topological polar surface area (TPSA) is 53.4 Å². The van der Waals surface area contributed by atoms with Gasteiger partial charge in [0.15, 0.2) is 0 Å². The highest BCUT2D eigenvalue weighted by atomic mass is 16.6. The Morgan fingerprint density at radius 2 is 1.90 bits per heavy atom. The first-order valence-corrected chi connectivity index (χ1v) is 6.64. The fourth-order valence-corrected chi connectivity index (χ4v) is 2.01. The van der Waals surface area contributed by atoms with E-state index in [1.165, 1.54) is 4.68 Å². The molecule has 5 heteroatoms. The SMILES string of the molecule is CCOC(=O)n1nc(OCC)c(-c2ccccc2)c1C. The molecule has 20 heavy (non-hydrogen) atoms. The van der Waals surface area contributed by atoms with Crippen LogP contribution in [0.3, 0.4) is 0 Å². The molecule has 0 amide bonds. The quantitative estimate of drug-likeness (QED) is 0.858. The minimum Gasteiger partial charge on any atom is -0.476 e. The Labute approximate surface area is 118 Å². The molecule has 0 radical (unpaired) electrons. The van der Waals surface area contributed by atoms with Crippen molar-refractivity contribution in [1.82, 2.24) is 9.78 Å². The van der Waals surface area contributed by atoms with Crippen LogP contribution in [0.1, 0.15) is 19.5 Å². The molecule has 0 aliphatic carbocycles. The van der Waals surface area contributed by atoms with E-state index in [-0.39, 0.29) is 0 Å². The van der Waals surface area contributed by atoms with Crippen LogP contribution in [0.15, 0.2) is 30.3 Å². The van der Waals surface area contributed by atoms with Crippen molar-refractivity contribution in [3.05, 3.63) is 36.0 Å². The number of benzene rings is 1. The highest BCUT2D eigenvalue weighted by Gasteiger charge is 2.21. The van der Waals surface area contributed by atoms with E-state index in [2.05, 4.69) is 5.10 Å². The summed E-state index contributed by atoms with van der Waals surface area (Å²) in [6.45, 7) is 6.27. The van der Waals surface area contributed by atoms with Crippen molar-refractivity contribution >= 4 is 6.09 Å². The number of aromatic nitrogens is 2. The van der Waals surface area contributed by atoms with Crippen LogP contribution < -0.4 is 4.74 Å². The van der Waals surface area contributed by atoms with Crippen LogP contribution in [0.4, 0.5) is 4.79 Å². The van der Waals surface area contributed by atoms with Gasteiger partial charge in [0.25, 0.3) is 0 Å². The summed E-state index contributed by atoms with van der Waals surface area (Å²) in [7, 11) is 0. The first-order chi connectivity index (χ1) is 9.69. The summed E-state index contributed by atoms with van der Waals surface area (Å²) >= 11 is 0. The molecule has 1 heterocycles. The first kappa shape index (κ1) is 14.1. The summed E-state index contributed by atoms with van der Waals surface area (Å²) in [5, 5.41) is 4.21. The molecular weight excluding hydrogens is 256 g/mol. The molecule has 0 spiro atoms. The van der Waals surface area contributed by atoms with Crippen molar-refractivity contribution in [3.8, 4) is 17.0 Å². The van der Waals surface area contributed by atoms with Crippen LogP contribution in [-0.2, 0) is 4.74 Å². The predicted molar refractivity (Wildman–Crippen MR) is 76.0 cm³/mol. The number of carbonyl (C=O) groups is 1. The largest absolute Gasteiger partial charge is 0.476 e. The molecule has 2 rings (SSSR count). The molecular formula is C15H18N2O3. The maximum Gasteiger partial charge on any atom is 0.435 e. The third kappa shape index (κ3) is 2.66. The number of rotatable bonds is 4. The van der Waals surface area contributed by atoms with Gasteiger partial charge in [0.2, 0.25) is 5.88 Å². The van der Waals surface area contributed by atoms with Gasteiger partial charge in [-0.25, -0.2) is 4.79 Å². The van der Waals surface area contributed by atoms with Gasteiger partial charge in [-0.1, -0.05) is 30.3 Å². The van der Waals surface area contributed by atoms with E-state index in [0.717, 1.165) is 11.1 Å². The number of carbonyl (C=O) groups excluding carboxylic acids is 1. The van der Waals surface area contributed by atoms with Crippen molar-refractivity contribution in [2.75, 3.05) is 13.2 Å². The molecule has 106 valence electrons. The van der Waals surface area contributed by atoms with Crippen LogP contribution in [-0.4, -0.2) is 29.1 Å². The minimum absolute atomic E-state index is 0.308. The maximum atomic E-state index is 11.9. The molecule has 0 aliphatic rings. The minimum atomic E-state index is -0.492. The zero-order valence-corrected chi connectivity index (χ0v) is 11.9. The van der Waals surface area contributed by atoms with Gasteiger partial charge >= 0.3 is 6.09 Å². The van der Waals surface area contributed by atoms with Crippen LogP contribution in [0.25, 0.3) is 11.1 Å². The Morgan fingerprint density at radius 1 is 1.20 bits per heavy atom. The van der Waals surface area contributed by atoms with Gasteiger partial charge in [0, 0.05) is 0 Å². The Balaban J connectivity index is 2.52. The van der Waals surface area contributed by atoms with Crippen molar-refractivity contribution in [1.29, 1.82) is 0 Å². The van der Waals surface area contributed by atoms with Gasteiger partial charge in [0.1, 0.15) is 0 Å². The summed E-state index contributed by atoms with van der Waals surface area (Å²) in [6, 6.07) is 9.73. The first-order valence-electron chi connectivity index (χ1n) is 6.64. The van der Waals surface area contributed by atoms with Crippen LogP contribution in [0.5, 0.6) is 5.88 Å². The van der Waals surface area contributed by atoms with Crippen LogP contribution in [0, 0.1) is 6.92 Å². The van der Waals surface area contributed by atoms with Crippen LogP contribution in [0.2, 0.25) is 0 Å². The van der Waals surface area contributed by atoms with E-state index in [1.807, 2.05) is 44.2 Å². The maximum absolute atomic E-state index is 11.9. The Kier molecular flexibility index (Phi) is 4.40. The van der Waals surface area contributed by atoms with E-state index in [4.69, 9.17) is 9.47 Å². The summed E-state index contributed by atoms with van der Waals surface area (Å²) in [4.78, 5) is 11.9. The third-order valence-corrected chi connectivity index (χ3v) is 2.87. The predicted octanol–water partition coefficient (Wildman–Crippen LogP) is 3.26. The molecule has 0 atom stereocenters. The Bertz CT molecular complexity index is 591. The Hall–Kier alpha value is -2.30. The number of ether oxygens (including phenoxy) is 2.